The Hall–Kier alpha value is -1.70. The second-order valence-corrected chi connectivity index (χ2v) is 15.3. The summed E-state index contributed by atoms with van der Waals surface area (Å²) in [5, 5.41) is 5.89. The van der Waals surface area contributed by atoms with E-state index in [1.165, 1.54) is 6.33 Å². The van der Waals surface area contributed by atoms with Gasteiger partial charge in [0.2, 0.25) is 0 Å². The zero-order valence-electron chi connectivity index (χ0n) is 18.9. The fraction of sp³-hybridized carbons (Fsp3) is 0.591. The maximum Gasteiger partial charge on any atom is 0.192 e. The predicted octanol–water partition coefficient (Wildman–Crippen LogP) is 6.72. The van der Waals surface area contributed by atoms with Gasteiger partial charge in [-0.15, -0.1) is 0 Å². The van der Waals surface area contributed by atoms with E-state index in [0.29, 0.717) is 17.7 Å². The second kappa shape index (κ2) is 7.46. The van der Waals surface area contributed by atoms with Crippen molar-refractivity contribution in [2.75, 3.05) is 0 Å². The van der Waals surface area contributed by atoms with Gasteiger partial charge in [0, 0.05) is 29.3 Å². The number of aromatic nitrogens is 4. The maximum atomic E-state index is 6.58. The molecule has 0 saturated heterocycles. The standard InChI is InChI=1S/C22H31ClN4O2Si/c1-13(2)27-10-15(17-20(23)24-12-25-21(17)27)18-16(19(29-26-18)14-8-9-14)11-28-30(6,7)22(3,4)5/h10,12-14H,8-9,11H2,1-7H3. The van der Waals surface area contributed by atoms with Crippen LogP contribution in [0.2, 0.25) is 23.3 Å². The third-order valence-electron chi connectivity index (χ3n) is 6.52. The van der Waals surface area contributed by atoms with Gasteiger partial charge in [0.15, 0.2) is 8.32 Å². The van der Waals surface area contributed by atoms with Gasteiger partial charge in [-0.2, -0.15) is 0 Å². The molecule has 0 bridgehead atoms. The number of hydrogen-bond donors (Lipinski definition) is 0. The lowest BCUT2D eigenvalue weighted by Crippen LogP contribution is -2.40. The van der Waals surface area contributed by atoms with E-state index < -0.39 is 8.32 Å². The molecule has 30 heavy (non-hydrogen) atoms. The highest BCUT2D eigenvalue weighted by molar-refractivity contribution is 6.74. The van der Waals surface area contributed by atoms with Crippen molar-refractivity contribution in [3.05, 3.63) is 29.0 Å². The third kappa shape index (κ3) is 3.72. The lowest BCUT2D eigenvalue weighted by atomic mass is 10.1. The van der Waals surface area contributed by atoms with Gasteiger partial charge in [-0.1, -0.05) is 37.5 Å². The Balaban J connectivity index is 1.83. The molecule has 0 radical (unpaired) electrons. The maximum absolute atomic E-state index is 6.58. The summed E-state index contributed by atoms with van der Waals surface area (Å²) in [5.41, 5.74) is 3.57. The van der Waals surface area contributed by atoms with E-state index in [4.69, 9.17) is 20.6 Å². The molecule has 8 heteroatoms. The van der Waals surface area contributed by atoms with Crippen molar-refractivity contribution in [1.29, 1.82) is 0 Å². The van der Waals surface area contributed by atoms with Gasteiger partial charge in [-0.3, -0.25) is 0 Å². The van der Waals surface area contributed by atoms with E-state index in [1.54, 1.807) is 0 Å². The molecule has 3 heterocycles. The fourth-order valence-corrected chi connectivity index (χ4v) is 4.60. The molecule has 1 fully saturated rings. The van der Waals surface area contributed by atoms with E-state index in [-0.39, 0.29) is 11.1 Å². The van der Waals surface area contributed by atoms with Crippen LogP contribution in [0.4, 0.5) is 0 Å². The summed E-state index contributed by atoms with van der Waals surface area (Å²) in [6.07, 6.45) is 5.85. The van der Waals surface area contributed by atoms with Crippen LogP contribution in [-0.4, -0.2) is 28.0 Å². The molecule has 4 rings (SSSR count). The van der Waals surface area contributed by atoms with Crippen LogP contribution in [0, 0.1) is 0 Å². The first-order valence-corrected chi connectivity index (χ1v) is 13.9. The minimum absolute atomic E-state index is 0.134. The topological polar surface area (TPSA) is 66.0 Å². The van der Waals surface area contributed by atoms with Crippen LogP contribution < -0.4 is 0 Å². The van der Waals surface area contributed by atoms with Gasteiger partial charge >= 0.3 is 0 Å². The van der Waals surface area contributed by atoms with Crippen molar-refractivity contribution >= 4 is 31.0 Å². The van der Waals surface area contributed by atoms with Crippen LogP contribution in [0.3, 0.4) is 0 Å². The van der Waals surface area contributed by atoms with Gasteiger partial charge in [0.25, 0.3) is 0 Å². The quantitative estimate of drug-likeness (QED) is 0.310. The summed E-state index contributed by atoms with van der Waals surface area (Å²) in [4.78, 5) is 8.72. The minimum atomic E-state index is -1.92. The molecule has 0 aromatic carbocycles. The van der Waals surface area contributed by atoms with Crippen molar-refractivity contribution < 1.29 is 8.95 Å². The summed E-state index contributed by atoms with van der Waals surface area (Å²) >= 11 is 6.53. The summed E-state index contributed by atoms with van der Waals surface area (Å²) in [6, 6.07) is 0.231. The highest BCUT2D eigenvalue weighted by atomic mass is 35.5. The summed E-state index contributed by atoms with van der Waals surface area (Å²) in [7, 11) is -1.92. The molecule has 0 amide bonds. The minimum Gasteiger partial charge on any atom is -0.412 e. The monoisotopic (exact) mass is 446 g/mol. The van der Waals surface area contributed by atoms with Gasteiger partial charge in [-0.05, 0) is 44.8 Å². The first-order chi connectivity index (χ1) is 14.0. The number of hydrogen-bond acceptors (Lipinski definition) is 5. The molecule has 0 N–H and O–H groups in total. The number of fused-ring (bicyclic) bond motifs is 1. The average Bonchev–Trinajstić information content (AvgIpc) is 3.27. The predicted molar refractivity (Wildman–Crippen MR) is 122 cm³/mol. The Bertz CT molecular complexity index is 1080. The van der Waals surface area contributed by atoms with Gasteiger partial charge in [0.1, 0.15) is 28.6 Å². The molecule has 1 aliphatic carbocycles. The molecule has 0 unspecified atom stereocenters. The molecule has 1 aliphatic rings. The SMILES string of the molecule is CC(C)n1cc(-c2noc(C3CC3)c2CO[Si](C)(C)C(C)(C)C)c2c(Cl)ncnc21. The van der Waals surface area contributed by atoms with E-state index in [0.717, 1.165) is 46.5 Å². The Labute approximate surface area is 184 Å². The molecule has 162 valence electrons. The Kier molecular flexibility index (Phi) is 5.35. The van der Waals surface area contributed by atoms with Crippen LogP contribution in [0.25, 0.3) is 22.3 Å². The smallest absolute Gasteiger partial charge is 0.192 e. The molecule has 6 nitrogen and oxygen atoms in total. The highest BCUT2D eigenvalue weighted by Crippen LogP contribution is 2.46. The van der Waals surface area contributed by atoms with Gasteiger partial charge in [-0.25, -0.2) is 9.97 Å². The Morgan fingerprint density at radius 3 is 2.57 bits per heavy atom. The summed E-state index contributed by atoms with van der Waals surface area (Å²) < 4.78 is 14.6. The normalized spacial score (nSPS) is 15.5. The summed E-state index contributed by atoms with van der Waals surface area (Å²) in [5.74, 6) is 1.40. The molecule has 1 saturated carbocycles. The summed E-state index contributed by atoms with van der Waals surface area (Å²) in [6.45, 7) is 16.0. The molecule has 0 spiro atoms. The van der Waals surface area contributed by atoms with Crippen LogP contribution in [-0.2, 0) is 11.0 Å². The van der Waals surface area contributed by atoms with Crippen molar-refractivity contribution in [3.63, 3.8) is 0 Å². The zero-order valence-corrected chi connectivity index (χ0v) is 20.7. The van der Waals surface area contributed by atoms with Crippen LogP contribution >= 0.6 is 11.6 Å². The zero-order chi connectivity index (χ0) is 21.8. The van der Waals surface area contributed by atoms with Crippen LogP contribution in [0.15, 0.2) is 17.0 Å². The number of nitrogens with zero attached hydrogens (tertiary/aromatic N) is 4. The van der Waals surface area contributed by atoms with E-state index in [2.05, 4.69) is 73.6 Å². The average molecular weight is 447 g/mol. The Morgan fingerprint density at radius 2 is 1.97 bits per heavy atom. The van der Waals surface area contributed by atoms with Crippen molar-refractivity contribution in [1.82, 2.24) is 19.7 Å². The first kappa shape index (κ1) is 21.5. The van der Waals surface area contributed by atoms with Crippen LogP contribution in [0.1, 0.15) is 70.7 Å². The van der Waals surface area contributed by atoms with E-state index in [1.807, 2.05) is 0 Å². The second-order valence-electron chi connectivity index (χ2n) is 10.1. The van der Waals surface area contributed by atoms with E-state index >= 15 is 0 Å². The molecule has 0 atom stereocenters. The Morgan fingerprint density at radius 1 is 1.27 bits per heavy atom. The van der Waals surface area contributed by atoms with Gasteiger partial charge < -0.3 is 13.5 Å². The molecular weight excluding hydrogens is 416 g/mol. The lowest BCUT2D eigenvalue weighted by molar-refractivity contribution is 0.272. The largest absolute Gasteiger partial charge is 0.412 e. The number of halogens is 1. The molecular formula is C22H31ClN4O2Si. The lowest BCUT2D eigenvalue weighted by Gasteiger charge is -2.36. The van der Waals surface area contributed by atoms with Gasteiger partial charge in [0.05, 0.1) is 12.0 Å². The highest BCUT2D eigenvalue weighted by Gasteiger charge is 2.39. The fourth-order valence-electron chi connectivity index (χ4n) is 3.43. The van der Waals surface area contributed by atoms with Crippen molar-refractivity contribution in [2.24, 2.45) is 0 Å². The molecule has 0 aliphatic heterocycles. The molecule has 3 aromatic rings. The first-order valence-electron chi connectivity index (χ1n) is 10.6. The van der Waals surface area contributed by atoms with E-state index in [9.17, 15) is 0 Å². The van der Waals surface area contributed by atoms with Crippen LogP contribution in [0.5, 0.6) is 0 Å². The third-order valence-corrected chi connectivity index (χ3v) is 11.3. The van der Waals surface area contributed by atoms with Crippen molar-refractivity contribution in [3.8, 4) is 11.3 Å². The van der Waals surface area contributed by atoms with Crippen molar-refractivity contribution in [2.45, 2.75) is 84.2 Å². The number of rotatable bonds is 6. The molecule has 3 aromatic heterocycles.